The van der Waals surface area contributed by atoms with Crippen LogP contribution in [-0.2, 0) is 0 Å². The number of nitrogens with zero attached hydrogens (tertiary/aromatic N) is 4. The summed E-state index contributed by atoms with van der Waals surface area (Å²) in [5.41, 5.74) is 3.03. The van der Waals surface area contributed by atoms with Crippen LogP contribution in [0.25, 0.3) is 17.0 Å². The van der Waals surface area contributed by atoms with E-state index in [1.807, 2.05) is 29.8 Å². The fourth-order valence-corrected chi connectivity index (χ4v) is 1.90. The van der Waals surface area contributed by atoms with Crippen LogP contribution in [0.2, 0.25) is 0 Å². The van der Waals surface area contributed by atoms with Gasteiger partial charge in [0.15, 0.2) is 17.3 Å². The lowest BCUT2D eigenvalue weighted by Crippen LogP contribution is -2.03. The van der Waals surface area contributed by atoms with E-state index in [1.54, 1.807) is 6.20 Å². The molecule has 0 saturated carbocycles. The van der Waals surface area contributed by atoms with Crippen LogP contribution >= 0.6 is 0 Å². The molecule has 3 aromatic rings. The second-order valence-electron chi connectivity index (χ2n) is 4.11. The highest BCUT2D eigenvalue weighted by molar-refractivity contribution is 5.67. The molecule has 0 fully saturated rings. The maximum atomic E-state index is 4.29. The molecule has 0 unspecified atom stereocenters. The molecule has 0 amide bonds. The van der Waals surface area contributed by atoms with Crippen molar-refractivity contribution in [3.05, 3.63) is 42.2 Å². The van der Waals surface area contributed by atoms with Crippen LogP contribution < -0.4 is 5.32 Å². The third-order valence-electron chi connectivity index (χ3n) is 2.87. The number of rotatable bonds is 2. The lowest BCUT2D eigenvalue weighted by atomic mass is 10.1. The first-order chi connectivity index (χ1) is 8.79. The summed E-state index contributed by atoms with van der Waals surface area (Å²) in [5, 5.41) is 11.4. The average molecular weight is 239 g/mol. The molecule has 0 saturated heterocycles. The Labute approximate surface area is 105 Å². The van der Waals surface area contributed by atoms with E-state index in [1.165, 1.54) is 5.56 Å². The Balaban J connectivity index is 2.24. The van der Waals surface area contributed by atoms with E-state index in [9.17, 15) is 0 Å². The van der Waals surface area contributed by atoms with E-state index in [2.05, 4.69) is 39.6 Å². The SMILES string of the molecule is CNc1nnc(-c2ccc(C)cc2)n2ccnc12. The highest BCUT2D eigenvalue weighted by atomic mass is 15.3. The van der Waals surface area contributed by atoms with Crippen molar-refractivity contribution in [2.75, 3.05) is 12.4 Å². The van der Waals surface area contributed by atoms with Gasteiger partial charge in [-0.3, -0.25) is 4.40 Å². The third-order valence-corrected chi connectivity index (χ3v) is 2.87. The number of benzene rings is 1. The third kappa shape index (κ3) is 1.60. The van der Waals surface area contributed by atoms with Crippen molar-refractivity contribution in [2.45, 2.75) is 6.92 Å². The molecule has 2 aromatic heterocycles. The topological polar surface area (TPSA) is 55.1 Å². The fraction of sp³-hybridized carbons (Fsp3) is 0.154. The predicted molar refractivity (Wildman–Crippen MR) is 70.5 cm³/mol. The Morgan fingerprint density at radius 1 is 1.11 bits per heavy atom. The van der Waals surface area contributed by atoms with Crippen LogP contribution in [0.4, 0.5) is 5.82 Å². The first kappa shape index (κ1) is 10.7. The van der Waals surface area contributed by atoms with Crippen LogP contribution in [0.3, 0.4) is 0 Å². The Hall–Kier alpha value is -2.43. The van der Waals surface area contributed by atoms with Crippen molar-refractivity contribution < 1.29 is 0 Å². The summed E-state index contributed by atoms with van der Waals surface area (Å²) < 4.78 is 1.93. The molecule has 90 valence electrons. The summed E-state index contributed by atoms with van der Waals surface area (Å²) in [7, 11) is 1.81. The summed E-state index contributed by atoms with van der Waals surface area (Å²) in [6, 6.07) is 8.20. The molecule has 2 heterocycles. The zero-order valence-corrected chi connectivity index (χ0v) is 10.3. The highest BCUT2D eigenvalue weighted by Crippen LogP contribution is 2.20. The van der Waals surface area contributed by atoms with E-state index >= 15 is 0 Å². The van der Waals surface area contributed by atoms with Gasteiger partial charge in [0.05, 0.1) is 0 Å². The van der Waals surface area contributed by atoms with Gasteiger partial charge in [-0.15, -0.1) is 10.2 Å². The maximum absolute atomic E-state index is 4.29. The number of aryl methyl sites for hydroxylation is 1. The van der Waals surface area contributed by atoms with Gasteiger partial charge >= 0.3 is 0 Å². The van der Waals surface area contributed by atoms with Gasteiger partial charge in [0, 0.05) is 25.0 Å². The molecule has 18 heavy (non-hydrogen) atoms. The molecule has 5 nitrogen and oxygen atoms in total. The fourth-order valence-electron chi connectivity index (χ4n) is 1.90. The number of hydrogen-bond acceptors (Lipinski definition) is 4. The van der Waals surface area contributed by atoms with E-state index in [0.29, 0.717) is 5.82 Å². The zero-order valence-electron chi connectivity index (χ0n) is 10.3. The monoisotopic (exact) mass is 239 g/mol. The molecule has 1 aromatic carbocycles. The van der Waals surface area contributed by atoms with Crippen LogP contribution in [0.15, 0.2) is 36.7 Å². The second-order valence-corrected chi connectivity index (χ2v) is 4.11. The number of hydrogen-bond donors (Lipinski definition) is 1. The minimum Gasteiger partial charge on any atom is -0.369 e. The average Bonchev–Trinajstić information content (AvgIpc) is 2.88. The molecular formula is C13H13N5. The van der Waals surface area contributed by atoms with E-state index in [-0.39, 0.29) is 0 Å². The van der Waals surface area contributed by atoms with Crippen LogP contribution in [0.5, 0.6) is 0 Å². The number of anilines is 1. The largest absolute Gasteiger partial charge is 0.369 e. The molecule has 0 spiro atoms. The number of imidazole rings is 1. The van der Waals surface area contributed by atoms with E-state index in [0.717, 1.165) is 17.0 Å². The van der Waals surface area contributed by atoms with Gasteiger partial charge in [0.1, 0.15) is 0 Å². The first-order valence-corrected chi connectivity index (χ1v) is 5.74. The zero-order chi connectivity index (χ0) is 12.5. The molecule has 0 aliphatic rings. The normalized spacial score (nSPS) is 10.8. The van der Waals surface area contributed by atoms with Crippen molar-refractivity contribution in [3.8, 4) is 11.4 Å². The second kappa shape index (κ2) is 4.10. The van der Waals surface area contributed by atoms with E-state index < -0.39 is 0 Å². The number of aromatic nitrogens is 4. The Morgan fingerprint density at radius 3 is 2.61 bits per heavy atom. The van der Waals surface area contributed by atoms with Crippen molar-refractivity contribution in [1.82, 2.24) is 19.6 Å². The molecule has 0 atom stereocenters. The summed E-state index contributed by atoms with van der Waals surface area (Å²) >= 11 is 0. The molecule has 5 heteroatoms. The quantitative estimate of drug-likeness (QED) is 0.744. The summed E-state index contributed by atoms with van der Waals surface area (Å²) in [4.78, 5) is 4.29. The number of nitrogens with one attached hydrogen (secondary N) is 1. The standard InChI is InChI=1S/C13H13N5/c1-9-3-5-10(6-4-9)12-17-16-11(14-2)13-15-7-8-18(12)13/h3-8H,1-2H3,(H,14,16). The van der Waals surface area contributed by atoms with Crippen molar-refractivity contribution in [3.63, 3.8) is 0 Å². The first-order valence-electron chi connectivity index (χ1n) is 5.74. The Bertz CT molecular complexity index is 684. The van der Waals surface area contributed by atoms with Gasteiger partial charge in [0.25, 0.3) is 0 Å². The number of fused-ring (bicyclic) bond motifs is 1. The van der Waals surface area contributed by atoms with Gasteiger partial charge in [-0.25, -0.2) is 4.98 Å². The van der Waals surface area contributed by atoms with Crippen LogP contribution in [0.1, 0.15) is 5.56 Å². The minimum atomic E-state index is 0.677. The minimum absolute atomic E-state index is 0.677. The van der Waals surface area contributed by atoms with Crippen molar-refractivity contribution in [1.29, 1.82) is 0 Å². The van der Waals surface area contributed by atoms with Crippen molar-refractivity contribution in [2.24, 2.45) is 0 Å². The smallest absolute Gasteiger partial charge is 0.192 e. The molecule has 0 bridgehead atoms. The molecule has 0 aliphatic carbocycles. The predicted octanol–water partition coefficient (Wildman–Crippen LogP) is 2.14. The Morgan fingerprint density at radius 2 is 1.89 bits per heavy atom. The Kier molecular flexibility index (Phi) is 2.44. The van der Waals surface area contributed by atoms with Crippen LogP contribution in [-0.4, -0.2) is 26.6 Å². The van der Waals surface area contributed by atoms with Gasteiger partial charge < -0.3 is 5.32 Å². The summed E-state index contributed by atoms with van der Waals surface area (Å²) in [5.74, 6) is 1.47. The van der Waals surface area contributed by atoms with E-state index in [4.69, 9.17) is 0 Å². The van der Waals surface area contributed by atoms with Gasteiger partial charge in [-0.1, -0.05) is 29.8 Å². The molecule has 3 rings (SSSR count). The lowest BCUT2D eigenvalue weighted by Gasteiger charge is -2.06. The van der Waals surface area contributed by atoms with Crippen molar-refractivity contribution >= 4 is 11.5 Å². The van der Waals surface area contributed by atoms with Gasteiger partial charge in [-0.2, -0.15) is 0 Å². The summed E-state index contributed by atoms with van der Waals surface area (Å²) in [6.45, 7) is 2.06. The van der Waals surface area contributed by atoms with Gasteiger partial charge in [-0.05, 0) is 6.92 Å². The van der Waals surface area contributed by atoms with Gasteiger partial charge in [0.2, 0.25) is 0 Å². The van der Waals surface area contributed by atoms with Crippen LogP contribution in [0, 0.1) is 6.92 Å². The maximum Gasteiger partial charge on any atom is 0.192 e. The molecule has 1 N–H and O–H groups in total. The highest BCUT2D eigenvalue weighted by Gasteiger charge is 2.10. The molecule has 0 radical (unpaired) electrons. The molecule has 0 aliphatic heterocycles. The lowest BCUT2D eigenvalue weighted by molar-refractivity contribution is 0.959. The molecular weight excluding hydrogens is 226 g/mol. The summed E-state index contributed by atoms with van der Waals surface area (Å²) in [6.07, 6.45) is 3.64.